The van der Waals surface area contributed by atoms with Crippen molar-refractivity contribution in [3.05, 3.63) is 65.5 Å². The Bertz CT molecular complexity index is 1090. The van der Waals surface area contributed by atoms with E-state index in [-0.39, 0.29) is 17.1 Å². The molecule has 0 fully saturated rings. The monoisotopic (exact) mass is 401 g/mol. The Hall–Kier alpha value is -3.20. The first-order valence-corrected chi connectivity index (χ1v) is 10.3. The summed E-state index contributed by atoms with van der Waals surface area (Å²) in [7, 11) is -3.54. The summed E-state index contributed by atoms with van der Waals surface area (Å²) in [6.45, 7) is 3.57. The van der Waals surface area contributed by atoms with Gasteiger partial charge in [0.1, 0.15) is 0 Å². The molecule has 2 aromatic carbocycles. The Balaban J connectivity index is 1.76. The van der Waals surface area contributed by atoms with Crippen LogP contribution < -0.4 is 4.72 Å². The SMILES string of the molecule is Cc1ccc(-c2nnc(C(C)OC(=O)c3ccccc3NS(C)(=O)=O)o2)cc1. The van der Waals surface area contributed by atoms with Gasteiger partial charge in [-0.25, -0.2) is 13.2 Å². The van der Waals surface area contributed by atoms with Gasteiger partial charge in [0.05, 0.1) is 17.5 Å². The molecule has 0 radical (unpaired) electrons. The molecular formula is C19H19N3O5S. The van der Waals surface area contributed by atoms with Gasteiger partial charge in [0, 0.05) is 5.56 Å². The second-order valence-electron chi connectivity index (χ2n) is 6.28. The molecule has 3 rings (SSSR count). The third kappa shape index (κ3) is 4.74. The fourth-order valence-corrected chi connectivity index (χ4v) is 3.01. The second kappa shape index (κ2) is 7.81. The molecular weight excluding hydrogens is 382 g/mol. The highest BCUT2D eigenvalue weighted by atomic mass is 32.2. The topological polar surface area (TPSA) is 111 Å². The molecule has 1 atom stereocenters. The molecule has 9 heteroatoms. The lowest BCUT2D eigenvalue weighted by Gasteiger charge is -2.12. The molecule has 1 N–H and O–H groups in total. The quantitative estimate of drug-likeness (QED) is 0.631. The van der Waals surface area contributed by atoms with E-state index >= 15 is 0 Å². The van der Waals surface area contributed by atoms with E-state index in [2.05, 4.69) is 14.9 Å². The summed E-state index contributed by atoms with van der Waals surface area (Å²) < 4.78 is 36.2. The van der Waals surface area contributed by atoms with Gasteiger partial charge >= 0.3 is 5.97 Å². The van der Waals surface area contributed by atoms with Crippen LogP contribution in [0.4, 0.5) is 5.69 Å². The molecule has 0 bridgehead atoms. The van der Waals surface area contributed by atoms with Crippen LogP contribution in [-0.2, 0) is 14.8 Å². The summed E-state index contributed by atoms with van der Waals surface area (Å²) in [4.78, 5) is 12.5. The number of carbonyl (C=O) groups is 1. The molecule has 0 amide bonds. The predicted octanol–water partition coefficient (Wildman–Crippen LogP) is 3.33. The largest absolute Gasteiger partial charge is 0.449 e. The van der Waals surface area contributed by atoms with Crippen molar-refractivity contribution in [2.45, 2.75) is 20.0 Å². The van der Waals surface area contributed by atoms with Crippen LogP contribution in [0.1, 0.15) is 34.8 Å². The van der Waals surface area contributed by atoms with Crippen molar-refractivity contribution in [2.75, 3.05) is 11.0 Å². The maximum absolute atomic E-state index is 12.5. The number of rotatable bonds is 6. The summed E-state index contributed by atoms with van der Waals surface area (Å²) in [5, 5.41) is 7.92. The van der Waals surface area contributed by atoms with Crippen LogP contribution in [0.15, 0.2) is 52.9 Å². The smallest absolute Gasteiger partial charge is 0.341 e. The molecule has 1 aromatic heterocycles. The van der Waals surface area contributed by atoms with Crippen LogP contribution in [0.3, 0.4) is 0 Å². The Morgan fingerprint density at radius 3 is 2.46 bits per heavy atom. The van der Waals surface area contributed by atoms with Gasteiger partial charge in [-0.1, -0.05) is 29.8 Å². The van der Waals surface area contributed by atoms with E-state index in [9.17, 15) is 13.2 Å². The zero-order valence-corrected chi connectivity index (χ0v) is 16.4. The molecule has 3 aromatic rings. The summed E-state index contributed by atoms with van der Waals surface area (Å²) in [6.07, 6.45) is 0.188. The van der Waals surface area contributed by atoms with E-state index < -0.39 is 22.1 Å². The number of nitrogens with zero attached hydrogens (tertiary/aromatic N) is 2. The predicted molar refractivity (Wildman–Crippen MR) is 103 cm³/mol. The number of benzene rings is 2. The lowest BCUT2D eigenvalue weighted by atomic mass is 10.1. The van der Waals surface area contributed by atoms with Gasteiger partial charge in [-0.2, -0.15) is 0 Å². The first-order valence-electron chi connectivity index (χ1n) is 8.41. The van der Waals surface area contributed by atoms with Crippen LogP contribution >= 0.6 is 0 Å². The zero-order chi connectivity index (χ0) is 20.3. The fourth-order valence-electron chi connectivity index (χ4n) is 2.44. The number of hydrogen-bond donors (Lipinski definition) is 1. The maximum Gasteiger partial charge on any atom is 0.341 e. The minimum absolute atomic E-state index is 0.0815. The number of nitrogens with one attached hydrogen (secondary N) is 1. The van der Waals surface area contributed by atoms with Crippen molar-refractivity contribution < 1.29 is 22.4 Å². The van der Waals surface area contributed by atoms with Crippen molar-refractivity contribution in [1.82, 2.24) is 10.2 Å². The number of hydrogen-bond acceptors (Lipinski definition) is 7. The lowest BCUT2D eigenvalue weighted by Crippen LogP contribution is -2.15. The van der Waals surface area contributed by atoms with Crippen molar-refractivity contribution in [3.8, 4) is 11.5 Å². The van der Waals surface area contributed by atoms with Gasteiger partial charge in [0.25, 0.3) is 5.89 Å². The number of aromatic nitrogens is 2. The minimum Gasteiger partial charge on any atom is -0.449 e. The number of para-hydroxylation sites is 1. The lowest BCUT2D eigenvalue weighted by molar-refractivity contribution is 0.0281. The Morgan fingerprint density at radius 1 is 1.11 bits per heavy atom. The first-order chi connectivity index (χ1) is 13.2. The van der Waals surface area contributed by atoms with Crippen molar-refractivity contribution in [1.29, 1.82) is 0 Å². The standard InChI is InChI=1S/C19H19N3O5S/c1-12-8-10-14(11-9-12)18-21-20-17(27-18)13(2)26-19(23)15-6-4-5-7-16(15)22-28(3,24)25/h4-11,13,22H,1-3H3. The molecule has 0 aliphatic rings. The Kier molecular flexibility index (Phi) is 5.46. The van der Waals surface area contributed by atoms with Crippen molar-refractivity contribution in [3.63, 3.8) is 0 Å². The van der Waals surface area contributed by atoms with Crippen molar-refractivity contribution in [2.24, 2.45) is 0 Å². The molecule has 0 aliphatic heterocycles. The number of sulfonamides is 1. The van der Waals surface area contributed by atoms with E-state index in [4.69, 9.17) is 9.15 Å². The van der Waals surface area contributed by atoms with E-state index in [0.29, 0.717) is 5.89 Å². The molecule has 0 spiro atoms. The molecule has 8 nitrogen and oxygen atoms in total. The van der Waals surface area contributed by atoms with Crippen LogP contribution in [0.5, 0.6) is 0 Å². The second-order valence-corrected chi connectivity index (χ2v) is 8.03. The normalized spacial score (nSPS) is 12.4. The number of aryl methyl sites for hydroxylation is 1. The number of ether oxygens (including phenoxy) is 1. The van der Waals surface area contributed by atoms with Gasteiger partial charge in [-0.3, -0.25) is 4.72 Å². The fraction of sp³-hybridized carbons (Fsp3) is 0.211. The molecule has 146 valence electrons. The first kappa shape index (κ1) is 19.6. The molecule has 1 heterocycles. The molecule has 0 aliphatic carbocycles. The molecule has 0 saturated carbocycles. The summed E-state index contributed by atoms with van der Waals surface area (Å²) in [6, 6.07) is 13.7. The van der Waals surface area contributed by atoms with Crippen molar-refractivity contribution >= 4 is 21.7 Å². The highest BCUT2D eigenvalue weighted by Gasteiger charge is 2.22. The average Bonchev–Trinajstić information content (AvgIpc) is 3.11. The van der Waals surface area contributed by atoms with Crippen LogP contribution in [0.2, 0.25) is 0 Å². The highest BCUT2D eigenvalue weighted by Crippen LogP contribution is 2.25. The van der Waals surface area contributed by atoms with Gasteiger partial charge in [-0.15, -0.1) is 10.2 Å². The van der Waals surface area contributed by atoms with Crippen LogP contribution in [0, 0.1) is 6.92 Å². The summed E-state index contributed by atoms with van der Waals surface area (Å²) >= 11 is 0. The van der Waals surface area contributed by atoms with E-state index in [1.165, 1.54) is 12.1 Å². The number of esters is 1. The van der Waals surface area contributed by atoms with Gasteiger partial charge in [0.15, 0.2) is 6.10 Å². The third-order valence-electron chi connectivity index (χ3n) is 3.81. The van der Waals surface area contributed by atoms with Crippen LogP contribution in [-0.4, -0.2) is 30.8 Å². The average molecular weight is 401 g/mol. The molecule has 0 saturated heterocycles. The van der Waals surface area contributed by atoms with Gasteiger partial charge < -0.3 is 9.15 Å². The van der Waals surface area contributed by atoms with Gasteiger partial charge in [-0.05, 0) is 38.1 Å². The summed E-state index contributed by atoms with van der Waals surface area (Å²) in [5.74, 6) is -0.260. The summed E-state index contributed by atoms with van der Waals surface area (Å²) in [5.41, 5.74) is 2.07. The number of anilines is 1. The Morgan fingerprint density at radius 2 is 1.79 bits per heavy atom. The van der Waals surface area contributed by atoms with E-state index in [1.807, 2.05) is 31.2 Å². The van der Waals surface area contributed by atoms with Gasteiger partial charge in [0.2, 0.25) is 15.9 Å². The van der Waals surface area contributed by atoms with E-state index in [0.717, 1.165) is 17.4 Å². The number of carbonyl (C=O) groups excluding carboxylic acids is 1. The molecule has 1 unspecified atom stereocenters. The highest BCUT2D eigenvalue weighted by molar-refractivity contribution is 7.92. The van der Waals surface area contributed by atoms with Crippen LogP contribution in [0.25, 0.3) is 11.5 Å². The molecule has 28 heavy (non-hydrogen) atoms. The van der Waals surface area contributed by atoms with E-state index in [1.54, 1.807) is 19.1 Å². The Labute approximate surface area is 162 Å². The zero-order valence-electron chi connectivity index (χ0n) is 15.5. The third-order valence-corrected chi connectivity index (χ3v) is 4.40. The minimum atomic E-state index is -3.54. The maximum atomic E-state index is 12.5.